The van der Waals surface area contributed by atoms with E-state index in [-0.39, 0.29) is 11.0 Å². The normalized spacial score (nSPS) is 10.1. The van der Waals surface area contributed by atoms with Gasteiger partial charge in [0, 0.05) is 24.9 Å². The summed E-state index contributed by atoms with van der Waals surface area (Å²) in [5.74, 6) is 0.605. The predicted molar refractivity (Wildman–Crippen MR) is 67.5 cm³/mol. The number of nitrogens with zero attached hydrogens (tertiary/aromatic N) is 3. The van der Waals surface area contributed by atoms with Crippen molar-refractivity contribution < 1.29 is 4.92 Å². The van der Waals surface area contributed by atoms with Crippen LogP contribution in [0.2, 0.25) is 5.28 Å². The van der Waals surface area contributed by atoms with E-state index in [0.717, 1.165) is 5.56 Å². The van der Waals surface area contributed by atoms with Crippen LogP contribution >= 0.6 is 11.6 Å². The molecule has 0 saturated carbocycles. The lowest BCUT2D eigenvalue weighted by Crippen LogP contribution is -2.01. The molecule has 0 fully saturated rings. The zero-order valence-corrected chi connectivity index (χ0v) is 9.96. The number of non-ortho nitro benzene ring substituents is 1. The minimum atomic E-state index is -0.429. The molecule has 1 aromatic carbocycles. The quantitative estimate of drug-likeness (QED) is 0.522. The lowest BCUT2D eigenvalue weighted by molar-refractivity contribution is -0.384. The SMILES string of the molecule is O=[N+]([O-])c1ccc(CNc2ccnc(Cl)n2)cc1. The monoisotopic (exact) mass is 264 g/mol. The number of aromatic nitrogens is 2. The Hall–Kier alpha value is -2.21. The molecule has 7 heteroatoms. The van der Waals surface area contributed by atoms with Crippen LogP contribution in [-0.4, -0.2) is 14.9 Å². The highest BCUT2D eigenvalue weighted by atomic mass is 35.5. The van der Waals surface area contributed by atoms with Gasteiger partial charge in [-0.05, 0) is 23.2 Å². The van der Waals surface area contributed by atoms with E-state index in [1.807, 2.05) is 0 Å². The summed E-state index contributed by atoms with van der Waals surface area (Å²) in [6, 6.07) is 7.99. The average molecular weight is 265 g/mol. The first kappa shape index (κ1) is 12.3. The van der Waals surface area contributed by atoms with Crippen LogP contribution in [-0.2, 0) is 6.54 Å². The minimum absolute atomic E-state index is 0.0730. The van der Waals surface area contributed by atoms with E-state index in [0.29, 0.717) is 12.4 Å². The van der Waals surface area contributed by atoms with E-state index in [2.05, 4.69) is 15.3 Å². The summed E-state index contributed by atoms with van der Waals surface area (Å²) >= 11 is 5.65. The fourth-order valence-corrected chi connectivity index (χ4v) is 1.51. The van der Waals surface area contributed by atoms with Crippen molar-refractivity contribution in [2.24, 2.45) is 0 Å². The van der Waals surface area contributed by atoms with Crippen LogP contribution in [0.15, 0.2) is 36.5 Å². The Labute approximate surface area is 108 Å². The Morgan fingerprint density at radius 3 is 2.61 bits per heavy atom. The van der Waals surface area contributed by atoms with Gasteiger partial charge in [0.2, 0.25) is 5.28 Å². The number of nitro benzene ring substituents is 1. The average Bonchev–Trinajstić information content (AvgIpc) is 2.37. The number of rotatable bonds is 4. The number of hydrogen-bond acceptors (Lipinski definition) is 5. The summed E-state index contributed by atoms with van der Waals surface area (Å²) in [5, 5.41) is 13.7. The molecule has 0 unspecified atom stereocenters. The van der Waals surface area contributed by atoms with Gasteiger partial charge in [0.25, 0.3) is 5.69 Å². The molecular formula is C11H9ClN4O2. The summed E-state index contributed by atoms with van der Waals surface area (Å²) in [5.41, 5.74) is 0.985. The molecule has 0 atom stereocenters. The lowest BCUT2D eigenvalue weighted by atomic mass is 10.2. The van der Waals surface area contributed by atoms with Gasteiger partial charge in [-0.3, -0.25) is 10.1 Å². The van der Waals surface area contributed by atoms with E-state index < -0.39 is 4.92 Å². The Balaban J connectivity index is 2.00. The van der Waals surface area contributed by atoms with Gasteiger partial charge < -0.3 is 5.32 Å². The molecule has 1 aromatic heterocycles. The summed E-state index contributed by atoms with van der Waals surface area (Å²) in [6.07, 6.45) is 1.55. The van der Waals surface area contributed by atoms with Crippen molar-refractivity contribution in [1.29, 1.82) is 0 Å². The zero-order valence-electron chi connectivity index (χ0n) is 9.21. The predicted octanol–water partition coefficient (Wildman–Crippen LogP) is 2.65. The first-order valence-corrected chi connectivity index (χ1v) is 5.49. The Morgan fingerprint density at radius 2 is 2.00 bits per heavy atom. The topological polar surface area (TPSA) is 81.0 Å². The standard InChI is InChI=1S/C11H9ClN4O2/c12-11-13-6-5-10(15-11)14-7-8-1-3-9(4-2-8)16(17)18/h1-6H,7H2,(H,13,14,15). The van der Waals surface area contributed by atoms with E-state index in [1.54, 1.807) is 24.4 Å². The fraction of sp³-hybridized carbons (Fsp3) is 0.0909. The van der Waals surface area contributed by atoms with Crippen LogP contribution in [0.3, 0.4) is 0 Å². The molecule has 6 nitrogen and oxygen atoms in total. The highest BCUT2D eigenvalue weighted by molar-refractivity contribution is 6.28. The smallest absolute Gasteiger partial charge is 0.269 e. The van der Waals surface area contributed by atoms with Gasteiger partial charge in [-0.15, -0.1) is 0 Å². The number of nitro groups is 1. The van der Waals surface area contributed by atoms with Crippen molar-refractivity contribution in [3.63, 3.8) is 0 Å². The Kier molecular flexibility index (Phi) is 3.69. The number of halogens is 1. The molecule has 0 bridgehead atoms. The second-order valence-corrected chi connectivity index (χ2v) is 3.83. The third-order valence-electron chi connectivity index (χ3n) is 2.25. The van der Waals surface area contributed by atoms with Gasteiger partial charge in [-0.2, -0.15) is 0 Å². The molecule has 0 aliphatic carbocycles. The van der Waals surface area contributed by atoms with Gasteiger partial charge in [-0.1, -0.05) is 12.1 Å². The lowest BCUT2D eigenvalue weighted by Gasteiger charge is -2.05. The molecule has 2 rings (SSSR count). The number of nitrogens with one attached hydrogen (secondary N) is 1. The molecule has 0 radical (unpaired) electrons. The third-order valence-corrected chi connectivity index (χ3v) is 2.43. The van der Waals surface area contributed by atoms with Gasteiger partial charge in [0.1, 0.15) is 5.82 Å². The number of hydrogen-bond donors (Lipinski definition) is 1. The van der Waals surface area contributed by atoms with Crippen molar-refractivity contribution in [3.8, 4) is 0 Å². The third kappa shape index (κ3) is 3.14. The van der Waals surface area contributed by atoms with Crippen molar-refractivity contribution in [3.05, 3.63) is 57.5 Å². The number of anilines is 1. The second-order valence-electron chi connectivity index (χ2n) is 3.49. The van der Waals surface area contributed by atoms with Crippen molar-refractivity contribution >= 4 is 23.1 Å². The summed E-state index contributed by atoms with van der Waals surface area (Å²) < 4.78 is 0. The van der Waals surface area contributed by atoms with E-state index in [9.17, 15) is 10.1 Å². The molecule has 2 aromatic rings. The van der Waals surface area contributed by atoms with E-state index in [4.69, 9.17) is 11.6 Å². The fourth-order valence-electron chi connectivity index (χ4n) is 1.36. The second kappa shape index (κ2) is 5.42. The van der Waals surface area contributed by atoms with Gasteiger partial charge in [-0.25, -0.2) is 9.97 Å². The molecule has 1 N–H and O–H groups in total. The zero-order chi connectivity index (χ0) is 13.0. The van der Waals surface area contributed by atoms with Crippen LogP contribution < -0.4 is 5.32 Å². The molecule has 0 amide bonds. The van der Waals surface area contributed by atoms with Crippen LogP contribution in [0.1, 0.15) is 5.56 Å². The largest absolute Gasteiger partial charge is 0.366 e. The van der Waals surface area contributed by atoms with Crippen LogP contribution in [0.4, 0.5) is 11.5 Å². The van der Waals surface area contributed by atoms with Crippen LogP contribution in [0, 0.1) is 10.1 Å². The molecule has 92 valence electrons. The van der Waals surface area contributed by atoms with Gasteiger partial charge in [0.15, 0.2) is 0 Å². The molecular weight excluding hydrogens is 256 g/mol. The maximum atomic E-state index is 10.5. The van der Waals surface area contributed by atoms with Gasteiger partial charge in [0.05, 0.1) is 4.92 Å². The first-order chi connectivity index (χ1) is 8.65. The van der Waals surface area contributed by atoms with Crippen molar-refractivity contribution in [1.82, 2.24) is 9.97 Å². The maximum Gasteiger partial charge on any atom is 0.269 e. The first-order valence-electron chi connectivity index (χ1n) is 5.11. The van der Waals surface area contributed by atoms with Crippen LogP contribution in [0.25, 0.3) is 0 Å². The summed E-state index contributed by atoms with van der Waals surface area (Å²) in [4.78, 5) is 17.8. The van der Waals surface area contributed by atoms with E-state index in [1.165, 1.54) is 12.1 Å². The highest BCUT2D eigenvalue weighted by Gasteiger charge is 2.03. The Bertz CT molecular complexity index is 559. The van der Waals surface area contributed by atoms with Crippen molar-refractivity contribution in [2.45, 2.75) is 6.54 Å². The van der Waals surface area contributed by atoms with Gasteiger partial charge >= 0.3 is 0 Å². The molecule has 1 heterocycles. The molecule has 0 aliphatic heterocycles. The highest BCUT2D eigenvalue weighted by Crippen LogP contribution is 2.13. The molecule has 18 heavy (non-hydrogen) atoms. The molecule has 0 saturated heterocycles. The maximum absolute atomic E-state index is 10.5. The van der Waals surface area contributed by atoms with Crippen molar-refractivity contribution in [2.75, 3.05) is 5.32 Å². The Morgan fingerprint density at radius 1 is 1.28 bits per heavy atom. The summed E-state index contributed by atoms with van der Waals surface area (Å²) in [6.45, 7) is 0.505. The minimum Gasteiger partial charge on any atom is -0.366 e. The number of benzene rings is 1. The molecule has 0 spiro atoms. The van der Waals surface area contributed by atoms with Crippen LogP contribution in [0.5, 0.6) is 0 Å². The summed E-state index contributed by atoms with van der Waals surface area (Å²) in [7, 11) is 0. The van der Waals surface area contributed by atoms with E-state index >= 15 is 0 Å². The molecule has 0 aliphatic rings.